The third-order valence-corrected chi connectivity index (χ3v) is 4.93. The van der Waals surface area contributed by atoms with E-state index < -0.39 is 6.04 Å². The molecule has 0 saturated carbocycles. The van der Waals surface area contributed by atoms with Crippen molar-refractivity contribution in [2.45, 2.75) is 13.0 Å². The van der Waals surface area contributed by atoms with Crippen LogP contribution < -0.4 is 4.74 Å². The molecule has 6 heteroatoms. The number of amides is 1. The SMILES string of the molecule is COc1cc(C(=O)N2CCN([C@H](C#N)c3ccc(F)cc3)CC2)ccc1C. The number of hydrogen-bond donors (Lipinski definition) is 0. The van der Waals surface area contributed by atoms with Gasteiger partial charge in [0.25, 0.3) is 5.91 Å². The molecule has 1 saturated heterocycles. The van der Waals surface area contributed by atoms with Gasteiger partial charge in [-0.2, -0.15) is 5.26 Å². The Hall–Kier alpha value is -2.91. The number of carbonyl (C=O) groups is 1. The van der Waals surface area contributed by atoms with Crippen molar-refractivity contribution >= 4 is 5.91 Å². The highest BCUT2D eigenvalue weighted by Crippen LogP contribution is 2.24. The van der Waals surface area contributed by atoms with Crippen molar-refractivity contribution in [1.29, 1.82) is 5.26 Å². The highest BCUT2D eigenvalue weighted by Gasteiger charge is 2.27. The number of rotatable bonds is 4. The summed E-state index contributed by atoms with van der Waals surface area (Å²) in [5, 5.41) is 9.56. The molecule has 27 heavy (non-hydrogen) atoms. The summed E-state index contributed by atoms with van der Waals surface area (Å²) in [6.07, 6.45) is 0. The van der Waals surface area contributed by atoms with Crippen molar-refractivity contribution in [2.75, 3.05) is 33.3 Å². The molecule has 1 heterocycles. The minimum absolute atomic E-state index is 0.0387. The number of benzene rings is 2. The Labute approximate surface area is 158 Å². The second kappa shape index (κ2) is 8.19. The summed E-state index contributed by atoms with van der Waals surface area (Å²) in [6, 6.07) is 13.3. The molecule has 0 radical (unpaired) electrons. The van der Waals surface area contributed by atoms with Gasteiger partial charge in [0.05, 0.1) is 13.2 Å². The third kappa shape index (κ3) is 4.09. The first-order valence-corrected chi connectivity index (χ1v) is 8.86. The van der Waals surface area contributed by atoms with Gasteiger partial charge in [0.15, 0.2) is 0 Å². The maximum atomic E-state index is 13.1. The van der Waals surface area contributed by atoms with Crippen LogP contribution in [0.3, 0.4) is 0 Å². The predicted molar refractivity (Wildman–Crippen MR) is 100.0 cm³/mol. The number of nitriles is 1. The fourth-order valence-electron chi connectivity index (χ4n) is 3.33. The Morgan fingerprint density at radius 3 is 2.41 bits per heavy atom. The summed E-state index contributed by atoms with van der Waals surface area (Å²) in [4.78, 5) is 16.6. The second-order valence-corrected chi connectivity index (χ2v) is 6.60. The summed E-state index contributed by atoms with van der Waals surface area (Å²) < 4.78 is 18.4. The molecule has 0 aliphatic carbocycles. The van der Waals surface area contributed by atoms with E-state index in [9.17, 15) is 14.4 Å². The Morgan fingerprint density at radius 1 is 1.15 bits per heavy atom. The Kier molecular flexibility index (Phi) is 5.72. The normalized spacial score (nSPS) is 15.9. The molecule has 1 amide bonds. The summed E-state index contributed by atoms with van der Waals surface area (Å²) in [7, 11) is 1.59. The first-order valence-electron chi connectivity index (χ1n) is 8.86. The largest absolute Gasteiger partial charge is 0.496 e. The van der Waals surface area contributed by atoms with Crippen LogP contribution in [0.4, 0.5) is 4.39 Å². The van der Waals surface area contributed by atoms with Gasteiger partial charge in [0.1, 0.15) is 17.6 Å². The van der Waals surface area contributed by atoms with Crippen LogP contribution in [0.25, 0.3) is 0 Å². The van der Waals surface area contributed by atoms with Gasteiger partial charge in [-0.3, -0.25) is 9.69 Å². The van der Waals surface area contributed by atoms with Crippen molar-refractivity contribution in [3.8, 4) is 11.8 Å². The lowest BCUT2D eigenvalue weighted by Gasteiger charge is -2.37. The number of carbonyl (C=O) groups excluding carboxylic acids is 1. The maximum absolute atomic E-state index is 13.1. The minimum Gasteiger partial charge on any atom is -0.496 e. The van der Waals surface area contributed by atoms with Crippen LogP contribution in [-0.4, -0.2) is 49.0 Å². The summed E-state index contributed by atoms with van der Waals surface area (Å²) in [5.74, 6) is 0.336. The van der Waals surface area contributed by atoms with E-state index in [1.807, 2.05) is 24.0 Å². The molecule has 1 aliphatic heterocycles. The summed E-state index contributed by atoms with van der Waals surface area (Å²) in [6.45, 7) is 4.18. The molecule has 140 valence electrons. The molecule has 0 unspecified atom stereocenters. The zero-order chi connectivity index (χ0) is 19.4. The molecular weight excluding hydrogens is 345 g/mol. The first kappa shape index (κ1) is 18.9. The Bertz CT molecular complexity index is 853. The smallest absolute Gasteiger partial charge is 0.254 e. The van der Waals surface area contributed by atoms with E-state index in [2.05, 4.69) is 6.07 Å². The van der Waals surface area contributed by atoms with Crippen LogP contribution in [0.15, 0.2) is 42.5 Å². The van der Waals surface area contributed by atoms with E-state index in [0.717, 1.165) is 11.1 Å². The molecule has 5 nitrogen and oxygen atoms in total. The average molecular weight is 367 g/mol. The molecule has 1 aliphatic rings. The van der Waals surface area contributed by atoms with E-state index in [-0.39, 0.29) is 11.7 Å². The zero-order valence-corrected chi connectivity index (χ0v) is 15.5. The number of hydrogen-bond acceptors (Lipinski definition) is 4. The van der Waals surface area contributed by atoms with Gasteiger partial charge in [-0.05, 0) is 42.3 Å². The predicted octanol–water partition coefficient (Wildman–Crippen LogP) is 3.17. The van der Waals surface area contributed by atoms with E-state index in [4.69, 9.17) is 4.74 Å². The number of aryl methyl sites for hydroxylation is 1. The van der Waals surface area contributed by atoms with Crippen LogP contribution in [0.1, 0.15) is 27.5 Å². The van der Waals surface area contributed by atoms with Gasteiger partial charge < -0.3 is 9.64 Å². The fraction of sp³-hybridized carbons (Fsp3) is 0.333. The van der Waals surface area contributed by atoms with Crippen molar-refractivity contribution in [3.05, 3.63) is 65.0 Å². The van der Waals surface area contributed by atoms with Crippen molar-refractivity contribution in [3.63, 3.8) is 0 Å². The quantitative estimate of drug-likeness (QED) is 0.833. The average Bonchev–Trinajstić information content (AvgIpc) is 2.70. The highest BCUT2D eigenvalue weighted by atomic mass is 19.1. The van der Waals surface area contributed by atoms with Gasteiger partial charge in [-0.15, -0.1) is 0 Å². The molecular formula is C21H22FN3O2. The van der Waals surface area contributed by atoms with Gasteiger partial charge in [-0.1, -0.05) is 18.2 Å². The highest BCUT2D eigenvalue weighted by molar-refractivity contribution is 5.94. The zero-order valence-electron chi connectivity index (χ0n) is 15.5. The number of halogens is 1. The van der Waals surface area contributed by atoms with Crippen LogP contribution >= 0.6 is 0 Å². The summed E-state index contributed by atoms with van der Waals surface area (Å²) in [5.41, 5.74) is 2.35. The Balaban J connectivity index is 1.66. The first-order chi connectivity index (χ1) is 13.0. The molecule has 2 aromatic carbocycles. The van der Waals surface area contributed by atoms with Crippen molar-refractivity contribution in [2.24, 2.45) is 0 Å². The third-order valence-electron chi connectivity index (χ3n) is 4.93. The standard InChI is InChI=1S/C21H22FN3O2/c1-15-3-4-17(13-20(15)27-2)21(26)25-11-9-24(10-12-25)19(14-23)16-5-7-18(22)8-6-16/h3-8,13,19H,9-12H2,1-2H3/t19-/m1/s1. The van der Waals surface area contributed by atoms with Crippen LogP contribution in [0.5, 0.6) is 5.75 Å². The van der Waals surface area contributed by atoms with Crippen LogP contribution in [0.2, 0.25) is 0 Å². The molecule has 1 atom stereocenters. The number of methoxy groups -OCH3 is 1. The lowest BCUT2D eigenvalue weighted by Crippen LogP contribution is -2.49. The number of nitrogens with zero attached hydrogens (tertiary/aromatic N) is 3. The van der Waals surface area contributed by atoms with E-state index in [1.165, 1.54) is 12.1 Å². The van der Waals surface area contributed by atoms with Crippen LogP contribution in [-0.2, 0) is 0 Å². The molecule has 3 rings (SSSR count). The van der Waals surface area contributed by atoms with E-state index in [1.54, 1.807) is 30.2 Å². The molecule has 0 aromatic heterocycles. The van der Waals surface area contributed by atoms with E-state index in [0.29, 0.717) is 37.5 Å². The fourth-order valence-corrected chi connectivity index (χ4v) is 3.33. The lowest BCUT2D eigenvalue weighted by molar-refractivity contribution is 0.0606. The van der Waals surface area contributed by atoms with Crippen molar-refractivity contribution < 1.29 is 13.9 Å². The minimum atomic E-state index is -0.442. The Morgan fingerprint density at radius 2 is 1.81 bits per heavy atom. The molecule has 0 spiro atoms. The van der Waals surface area contributed by atoms with Gasteiger partial charge in [-0.25, -0.2) is 4.39 Å². The monoisotopic (exact) mass is 367 g/mol. The van der Waals surface area contributed by atoms with Gasteiger partial charge >= 0.3 is 0 Å². The number of piperazine rings is 1. The molecule has 0 bridgehead atoms. The molecule has 1 fully saturated rings. The topological polar surface area (TPSA) is 56.6 Å². The second-order valence-electron chi connectivity index (χ2n) is 6.60. The van der Waals surface area contributed by atoms with Gasteiger partial charge in [0.2, 0.25) is 0 Å². The van der Waals surface area contributed by atoms with Crippen LogP contribution in [0, 0.1) is 24.1 Å². The lowest BCUT2D eigenvalue weighted by atomic mass is 10.1. The maximum Gasteiger partial charge on any atom is 0.254 e. The number of ether oxygens (including phenoxy) is 1. The molecule has 0 N–H and O–H groups in total. The van der Waals surface area contributed by atoms with Gasteiger partial charge in [0, 0.05) is 31.7 Å². The summed E-state index contributed by atoms with van der Waals surface area (Å²) >= 11 is 0. The van der Waals surface area contributed by atoms with E-state index >= 15 is 0 Å². The van der Waals surface area contributed by atoms with Crippen molar-refractivity contribution in [1.82, 2.24) is 9.80 Å². The molecule has 2 aromatic rings.